The van der Waals surface area contributed by atoms with Gasteiger partial charge in [-0.15, -0.1) is 0 Å². The van der Waals surface area contributed by atoms with Crippen molar-refractivity contribution in [2.45, 2.75) is 6.42 Å². The van der Waals surface area contributed by atoms with Gasteiger partial charge in [-0.25, -0.2) is 9.97 Å². The van der Waals surface area contributed by atoms with E-state index >= 15 is 0 Å². The zero-order valence-electron chi connectivity index (χ0n) is 10.1. The zero-order chi connectivity index (χ0) is 12.1. The summed E-state index contributed by atoms with van der Waals surface area (Å²) in [5, 5.41) is 2.84. The van der Waals surface area contributed by atoms with Crippen LogP contribution in [0.15, 0.2) is 36.5 Å². The van der Waals surface area contributed by atoms with Crippen molar-refractivity contribution in [2.24, 2.45) is 0 Å². The number of hydrogen-bond donors (Lipinski definition) is 1. The monoisotopic (exact) mass is 315 g/mol. The van der Waals surface area contributed by atoms with Crippen molar-refractivity contribution in [1.82, 2.24) is 9.97 Å². The van der Waals surface area contributed by atoms with E-state index in [-0.39, 0.29) is 44.9 Å². The predicted molar refractivity (Wildman–Crippen MR) is 64.9 cm³/mol. The van der Waals surface area contributed by atoms with Crippen molar-refractivity contribution in [3.8, 4) is 0 Å². The van der Waals surface area contributed by atoms with E-state index in [4.69, 9.17) is 0 Å². The summed E-state index contributed by atoms with van der Waals surface area (Å²) in [6.07, 6.45) is 1.91. The third-order valence-corrected chi connectivity index (χ3v) is 2.31. The summed E-state index contributed by atoms with van der Waals surface area (Å²) in [6, 6.07) is 11.6. The van der Waals surface area contributed by atoms with Gasteiger partial charge in [0.1, 0.15) is 5.78 Å². The molecular weight excluding hydrogens is 303 g/mol. The second-order valence-corrected chi connectivity index (χ2v) is 3.51. The third kappa shape index (κ3) is 3.96. The summed E-state index contributed by atoms with van der Waals surface area (Å²) in [5.41, 5.74) is 1.36. The Kier molecular flexibility index (Phi) is 6.09. The first-order valence-corrected chi connectivity index (χ1v) is 5.28. The summed E-state index contributed by atoms with van der Waals surface area (Å²) in [7, 11) is 1.74. The molecule has 1 N–H and O–H groups in total. The summed E-state index contributed by atoms with van der Waals surface area (Å²) in [4.78, 5) is 20.1. The molecule has 4 nitrogen and oxygen atoms in total. The Morgan fingerprint density at radius 3 is 2.94 bits per heavy atom. The smallest absolute Gasteiger partial charge is 0.222 e. The van der Waals surface area contributed by atoms with Crippen LogP contribution >= 0.6 is 0 Å². The molecule has 0 aliphatic rings. The van der Waals surface area contributed by atoms with Crippen molar-refractivity contribution < 1.29 is 37.5 Å². The molecule has 0 saturated carbocycles. The van der Waals surface area contributed by atoms with Crippen molar-refractivity contribution in [3.63, 3.8) is 0 Å². The van der Waals surface area contributed by atoms with Gasteiger partial charge in [0.15, 0.2) is 0 Å². The molecular formula is C13H12N3OY-. The van der Waals surface area contributed by atoms with Crippen molar-refractivity contribution in [2.75, 3.05) is 12.4 Å². The molecule has 5 heteroatoms. The van der Waals surface area contributed by atoms with E-state index in [1.807, 2.05) is 0 Å². The number of anilines is 1. The summed E-state index contributed by atoms with van der Waals surface area (Å²) < 4.78 is 0. The van der Waals surface area contributed by atoms with Crippen molar-refractivity contribution in [3.05, 3.63) is 53.9 Å². The molecule has 0 unspecified atom stereocenters. The van der Waals surface area contributed by atoms with E-state index in [1.165, 1.54) is 0 Å². The van der Waals surface area contributed by atoms with E-state index < -0.39 is 0 Å². The minimum absolute atomic E-state index is 0. The van der Waals surface area contributed by atoms with Crippen LogP contribution < -0.4 is 5.32 Å². The van der Waals surface area contributed by atoms with E-state index in [9.17, 15) is 4.79 Å². The Labute approximate surface area is 131 Å². The number of hydrogen-bond acceptors (Lipinski definition) is 4. The molecule has 0 bridgehead atoms. The quantitative estimate of drug-likeness (QED) is 0.690. The van der Waals surface area contributed by atoms with Crippen LogP contribution in [0.25, 0.3) is 0 Å². The van der Waals surface area contributed by atoms with Gasteiger partial charge in [0.2, 0.25) is 5.95 Å². The number of carbonyl (C=O) groups is 1. The molecule has 1 radical (unpaired) electrons. The van der Waals surface area contributed by atoms with Crippen LogP contribution in [-0.2, 0) is 39.1 Å². The fraction of sp³-hybridized carbons (Fsp3) is 0.154. The van der Waals surface area contributed by atoms with Gasteiger partial charge in [-0.1, -0.05) is 5.56 Å². The molecule has 0 aliphatic heterocycles. The number of nitrogens with zero attached hydrogens (tertiary/aromatic N) is 2. The molecule has 0 saturated heterocycles. The number of ketones is 1. The van der Waals surface area contributed by atoms with E-state index in [2.05, 4.69) is 21.4 Å². The topological polar surface area (TPSA) is 54.9 Å². The molecule has 0 aliphatic carbocycles. The van der Waals surface area contributed by atoms with Gasteiger partial charge >= 0.3 is 0 Å². The van der Waals surface area contributed by atoms with Gasteiger partial charge in [0, 0.05) is 52.4 Å². The normalized spacial score (nSPS) is 9.39. The van der Waals surface area contributed by atoms with Crippen molar-refractivity contribution >= 4 is 11.7 Å². The maximum atomic E-state index is 11.9. The molecule has 0 amide bonds. The first-order valence-electron chi connectivity index (χ1n) is 5.28. The van der Waals surface area contributed by atoms with E-state index in [0.717, 1.165) is 0 Å². The van der Waals surface area contributed by atoms with Gasteiger partial charge in [-0.05, 0) is 6.07 Å². The average molecular weight is 315 g/mol. The van der Waals surface area contributed by atoms with Crippen LogP contribution in [-0.4, -0.2) is 22.8 Å². The first kappa shape index (κ1) is 14.9. The summed E-state index contributed by atoms with van der Waals surface area (Å²) >= 11 is 0. The molecule has 2 rings (SSSR count). The molecule has 0 fully saturated rings. The molecule has 1 aromatic carbocycles. The second-order valence-electron chi connectivity index (χ2n) is 3.51. The van der Waals surface area contributed by atoms with Gasteiger partial charge in [0.05, 0.1) is 5.69 Å². The largest absolute Gasteiger partial charge is 0.357 e. The number of carbonyl (C=O) groups excluding carboxylic acids is 1. The Morgan fingerprint density at radius 2 is 2.28 bits per heavy atom. The number of aromatic nitrogens is 2. The van der Waals surface area contributed by atoms with Gasteiger partial charge in [0.25, 0.3) is 0 Å². The van der Waals surface area contributed by atoms with Crippen LogP contribution in [0.3, 0.4) is 0 Å². The zero-order valence-corrected chi connectivity index (χ0v) is 12.9. The second kappa shape index (κ2) is 7.34. The summed E-state index contributed by atoms with van der Waals surface area (Å²) in [6.45, 7) is 0. The SMILES string of the molecule is CNc1nccc(CC(=O)c2c[c-]ccc2)n1.[Y]. The van der Waals surface area contributed by atoms with E-state index in [0.29, 0.717) is 17.2 Å². The Morgan fingerprint density at radius 1 is 1.44 bits per heavy atom. The standard InChI is InChI=1S/C13H12N3O.Y/c1-14-13-15-8-7-11(16-13)9-12(17)10-5-3-2-4-6-10;/h2-3,5-8H,9H2,1H3,(H,14,15,16);/q-1;. The molecule has 0 spiro atoms. The molecule has 2 aromatic rings. The number of benzene rings is 1. The maximum Gasteiger partial charge on any atom is 0.222 e. The van der Waals surface area contributed by atoms with Crippen LogP contribution in [0.5, 0.6) is 0 Å². The van der Waals surface area contributed by atoms with Crippen LogP contribution in [0, 0.1) is 6.07 Å². The average Bonchev–Trinajstić information content (AvgIpc) is 2.40. The van der Waals surface area contributed by atoms with Crippen LogP contribution in [0.1, 0.15) is 16.1 Å². The molecule has 18 heavy (non-hydrogen) atoms. The molecule has 89 valence electrons. The van der Waals surface area contributed by atoms with Crippen LogP contribution in [0.4, 0.5) is 5.95 Å². The predicted octanol–water partition coefficient (Wildman–Crippen LogP) is 1.74. The Balaban J connectivity index is 0.00000162. The van der Waals surface area contributed by atoms with Gasteiger partial charge in [-0.2, -0.15) is 30.3 Å². The van der Waals surface area contributed by atoms with Crippen LogP contribution in [0.2, 0.25) is 0 Å². The Bertz CT molecular complexity index is 517. The minimum atomic E-state index is 0. The molecule has 1 heterocycles. The first-order chi connectivity index (χ1) is 8.29. The number of nitrogens with one attached hydrogen (secondary N) is 1. The van der Waals surface area contributed by atoms with Crippen molar-refractivity contribution in [1.29, 1.82) is 0 Å². The number of Topliss-reactive ketones (excluding diaryl/α,β-unsaturated/α-hetero) is 1. The maximum absolute atomic E-state index is 11.9. The fourth-order valence-electron chi connectivity index (χ4n) is 1.45. The molecule has 1 aromatic heterocycles. The van der Waals surface area contributed by atoms with Gasteiger partial charge < -0.3 is 10.1 Å². The van der Waals surface area contributed by atoms with E-state index in [1.54, 1.807) is 43.6 Å². The minimum Gasteiger partial charge on any atom is -0.357 e. The fourth-order valence-corrected chi connectivity index (χ4v) is 1.45. The Hall–Kier alpha value is -1.13. The molecule has 0 atom stereocenters. The third-order valence-electron chi connectivity index (χ3n) is 2.31. The van der Waals surface area contributed by atoms with Gasteiger partial charge in [-0.3, -0.25) is 0 Å². The number of rotatable bonds is 4. The summed E-state index contributed by atoms with van der Waals surface area (Å²) in [5.74, 6) is 0.553.